The number of carbonyl (C=O) groups excluding carboxylic acids is 1. The third kappa shape index (κ3) is 3.77. The Morgan fingerprint density at radius 1 is 1.19 bits per heavy atom. The zero-order valence-corrected chi connectivity index (χ0v) is 16.1. The van der Waals surface area contributed by atoms with Gasteiger partial charge >= 0.3 is 0 Å². The second-order valence-corrected chi connectivity index (χ2v) is 7.63. The SMILES string of the molecule is Cc1cc2c(cc1C)C(C(=O)NCc1ccc(N3CCCCC3)nc1)CO2. The maximum Gasteiger partial charge on any atom is 0.231 e. The van der Waals surface area contributed by atoms with Gasteiger partial charge in [-0.3, -0.25) is 4.79 Å². The number of nitrogens with one attached hydrogen (secondary N) is 1. The van der Waals surface area contributed by atoms with E-state index in [9.17, 15) is 4.79 Å². The van der Waals surface area contributed by atoms with Crippen molar-refractivity contribution in [1.82, 2.24) is 10.3 Å². The van der Waals surface area contributed by atoms with Crippen molar-refractivity contribution in [3.8, 4) is 5.75 Å². The monoisotopic (exact) mass is 365 g/mol. The van der Waals surface area contributed by atoms with Gasteiger partial charge in [-0.2, -0.15) is 0 Å². The topological polar surface area (TPSA) is 54.5 Å². The highest BCUT2D eigenvalue weighted by Crippen LogP contribution is 2.36. The Balaban J connectivity index is 1.37. The highest BCUT2D eigenvalue weighted by Gasteiger charge is 2.30. The lowest BCUT2D eigenvalue weighted by molar-refractivity contribution is -0.122. The van der Waals surface area contributed by atoms with Crippen molar-refractivity contribution in [1.29, 1.82) is 0 Å². The fraction of sp³-hybridized carbons (Fsp3) is 0.455. The molecule has 4 rings (SSSR count). The summed E-state index contributed by atoms with van der Waals surface area (Å²) >= 11 is 0. The Morgan fingerprint density at radius 2 is 1.96 bits per heavy atom. The van der Waals surface area contributed by atoms with Crippen LogP contribution in [0.1, 0.15) is 47.4 Å². The first-order valence-electron chi connectivity index (χ1n) is 9.83. The van der Waals surface area contributed by atoms with Crippen LogP contribution in [0.5, 0.6) is 5.75 Å². The number of aryl methyl sites for hydroxylation is 2. The standard InChI is InChI=1S/C22H27N3O2/c1-15-10-18-19(14-27-20(18)11-16(15)2)22(26)24-13-17-6-7-21(23-12-17)25-8-4-3-5-9-25/h6-7,10-12,19H,3-5,8-9,13-14H2,1-2H3,(H,24,26). The molecular weight excluding hydrogens is 338 g/mol. The third-order valence-corrected chi connectivity index (χ3v) is 5.68. The molecule has 0 radical (unpaired) electrons. The summed E-state index contributed by atoms with van der Waals surface area (Å²) in [5.41, 5.74) is 4.39. The van der Waals surface area contributed by atoms with E-state index in [1.165, 1.54) is 30.4 Å². The van der Waals surface area contributed by atoms with E-state index in [2.05, 4.69) is 47.2 Å². The predicted octanol–water partition coefficient (Wildman–Crippen LogP) is 3.48. The Morgan fingerprint density at radius 3 is 2.70 bits per heavy atom. The maximum atomic E-state index is 12.7. The van der Waals surface area contributed by atoms with E-state index in [0.717, 1.165) is 35.8 Å². The molecule has 0 saturated carbocycles. The molecule has 1 unspecified atom stereocenters. The summed E-state index contributed by atoms with van der Waals surface area (Å²) in [6, 6.07) is 8.23. The van der Waals surface area contributed by atoms with Crippen LogP contribution in [0.15, 0.2) is 30.5 Å². The van der Waals surface area contributed by atoms with Gasteiger partial charge in [0.1, 0.15) is 24.1 Å². The van der Waals surface area contributed by atoms with E-state index in [0.29, 0.717) is 13.2 Å². The fourth-order valence-corrected chi connectivity index (χ4v) is 3.83. The molecule has 1 aromatic carbocycles. The van der Waals surface area contributed by atoms with Gasteiger partial charge in [0.05, 0.1) is 0 Å². The van der Waals surface area contributed by atoms with Gasteiger partial charge in [0, 0.05) is 31.4 Å². The molecular formula is C22H27N3O2. The number of hydrogen-bond donors (Lipinski definition) is 1. The van der Waals surface area contributed by atoms with E-state index in [1.54, 1.807) is 0 Å². The number of benzene rings is 1. The van der Waals surface area contributed by atoms with Crippen LogP contribution >= 0.6 is 0 Å². The van der Waals surface area contributed by atoms with Gasteiger partial charge in [-0.15, -0.1) is 0 Å². The molecule has 3 heterocycles. The fourth-order valence-electron chi connectivity index (χ4n) is 3.83. The zero-order valence-electron chi connectivity index (χ0n) is 16.1. The van der Waals surface area contributed by atoms with Crippen LogP contribution in [0.3, 0.4) is 0 Å². The number of anilines is 1. The van der Waals surface area contributed by atoms with Crippen molar-refractivity contribution in [2.75, 3.05) is 24.6 Å². The number of pyridine rings is 1. The van der Waals surface area contributed by atoms with Gasteiger partial charge in [-0.25, -0.2) is 4.98 Å². The normalized spacial score (nSPS) is 18.7. The van der Waals surface area contributed by atoms with Gasteiger partial charge in [0.2, 0.25) is 5.91 Å². The first kappa shape index (κ1) is 17.8. The van der Waals surface area contributed by atoms with Crippen LogP contribution in [-0.4, -0.2) is 30.6 Å². The molecule has 1 aromatic heterocycles. The number of amides is 1. The molecule has 0 bridgehead atoms. The van der Waals surface area contributed by atoms with Gasteiger partial charge in [-0.05, 0) is 61.9 Å². The summed E-state index contributed by atoms with van der Waals surface area (Å²) in [5.74, 6) is 1.65. The Bertz CT molecular complexity index is 826. The van der Waals surface area contributed by atoms with Crippen molar-refractivity contribution >= 4 is 11.7 Å². The maximum absolute atomic E-state index is 12.7. The van der Waals surface area contributed by atoms with Gasteiger partial charge in [0.25, 0.3) is 0 Å². The molecule has 5 nitrogen and oxygen atoms in total. The lowest BCUT2D eigenvalue weighted by Crippen LogP contribution is -2.31. The number of ether oxygens (including phenoxy) is 1. The Hall–Kier alpha value is -2.56. The summed E-state index contributed by atoms with van der Waals surface area (Å²) in [6.07, 6.45) is 5.66. The van der Waals surface area contributed by atoms with Crippen molar-refractivity contribution in [3.05, 3.63) is 52.7 Å². The lowest BCUT2D eigenvalue weighted by Gasteiger charge is -2.27. The average Bonchev–Trinajstić information content (AvgIpc) is 3.10. The Kier molecular flexibility index (Phi) is 5.01. The minimum Gasteiger partial charge on any atom is -0.492 e. The van der Waals surface area contributed by atoms with Crippen LogP contribution in [0.25, 0.3) is 0 Å². The molecule has 27 heavy (non-hydrogen) atoms. The van der Waals surface area contributed by atoms with Gasteiger partial charge in [0.15, 0.2) is 0 Å². The molecule has 2 aliphatic heterocycles. The summed E-state index contributed by atoms with van der Waals surface area (Å²) in [6.45, 7) is 7.20. The van der Waals surface area contributed by atoms with Crippen molar-refractivity contribution < 1.29 is 9.53 Å². The van der Waals surface area contributed by atoms with Crippen LogP contribution < -0.4 is 15.0 Å². The van der Waals surface area contributed by atoms with Gasteiger partial charge in [-0.1, -0.05) is 12.1 Å². The number of rotatable bonds is 4. The minimum atomic E-state index is -0.236. The molecule has 142 valence electrons. The van der Waals surface area contributed by atoms with Crippen LogP contribution in [0, 0.1) is 13.8 Å². The number of piperidine rings is 1. The van der Waals surface area contributed by atoms with Gasteiger partial charge < -0.3 is 15.0 Å². The summed E-state index contributed by atoms with van der Waals surface area (Å²) in [4.78, 5) is 19.6. The van der Waals surface area contributed by atoms with Crippen molar-refractivity contribution in [2.24, 2.45) is 0 Å². The molecule has 5 heteroatoms. The van der Waals surface area contributed by atoms with E-state index >= 15 is 0 Å². The lowest BCUT2D eigenvalue weighted by atomic mass is 9.96. The molecule has 1 amide bonds. The van der Waals surface area contributed by atoms with Crippen LogP contribution in [-0.2, 0) is 11.3 Å². The van der Waals surface area contributed by atoms with E-state index in [4.69, 9.17) is 4.74 Å². The molecule has 1 atom stereocenters. The second kappa shape index (κ2) is 7.59. The second-order valence-electron chi connectivity index (χ2n) is 7.63. The largest absolute Gasteiger partial charge is 0.492 e. The quantitative estimate of drug-likeness (QED) is 0.901. The molecule has 2 aliphatic rings. The molecule has 1 saturated heterocycles. The van der Waals surface area contributed by atoms with Crippen LogP contribution in [0.4, 0.5) is 5.82 Å². The molecule has 2 aromatic rings. The number of hydrogen-bond acceptors (Lipinski definition) is 4. The predicted molar refractivity (Wildman–Crippen MR) is 106 cm³/mol. The number of aromatic nitrogens is 1. The highest BCUT2D eigenvalue weighted by atomic mass is 16.5. The molecule has 0 aliphatic carbocycles. The number of nitrogens with zero attached hydrogens (tertiary/aromatic N) is 2. The number of carbonyl (C=O) groups is 1. The van der Waals surface area contributed by atoms with Crippen molar-refractivity contribution in [3.63, 3.8) is 0 Å². The molecule has 1 fully saturated rings. The summed E-state index contributed by atoms with van der Waals surface area (Å²) in [7, 11) is 0. The zero-order chi connectivity index (χ0) is 18.8. The third-order valence-electron chi connectivity index (χ3n) is 5.68. The minimum absolute atomic E-state index is 0.0112. The highest BCUT2D eigenvalue weighted by molar-refractivity contribution is 5.85. The van der Waals surface area contributed by atoms with Crippen LogP contribution in [0.2, 0.25) is 0 Å². The van der Waals surface area contributed by atoms with E-state index in [1.807, 2.05) is 12.3 Å². The first-order valence-corrected chi connectivity index (χ1v) is 9.83. The first-order chi connectivity index (χ1) is 13.1. The van der Waals surface area contributed by atoms with E-state index < -0.39 is 0 Å². The average molecular weight is 365 g/mol. The Labute approximate surface area is 160 Å². The molecule has 1 N–H and O–H groups in total. The van der Waals surface area contributed by atoms with Crippen molar-refractivity contribution in [2.45, 2.75) is 45.6 Å². The smallest absolute Gasteiger partial charge is 0.231 e. The summed E-state index contributed by atoms with van der Waals surface area (Å²) < 4.78 is 5.72. The summed E-state index contributed by atoms with van der Waals surface area (Å²) in [5, 5.41) is 3.04. The number of fused-ring (bicyclic) bond motifs is 1. The molecule has 0 spiro atoms. The van der Waals surface area contributed by atoms with E-state index in [-0.39, 0.29) is 11.8 Å².